The Morgan fingerprint density at radius 1 is 0.882 bits per heavy atom. The van der Waals surface area contributed by atoms with Crippen LogP contribution >= 0.6 is 0 Å². The van der Waals surface area contributed by atoms with E-state index in [-0.39, 0.29) is 6.42 Å². The zero-order valence-electron chi connectivity index (χ0n) is 10.8. The van der Waals surface area contributed by atoms with Crippen molar-refractivity contribution in [2.45, 2.75) is 47.0 Å². The Morgan fingerprint density at radius 2 is 1.24 bits per heavy atom. The maximum Gasteiger partial charge on any atom is 0.249 e. The van der Waals surface area contributed by atoms with Gasteiger partial charge in [0.1, 0.15) is 6.42 Å². The monoisotopic (exact) mass is 240 g/mol. The van der Waals surface area contributed by atoms with E-state index in [0.29, 0.717) is 0 Å². The molecule has 0 heterocycles. The standard InChI is InChI=1S/C11H20N4O2/c1-5-8(3)12-14-10(16)7-11(17)15-13-9(4)6-2/h5-7H2,1-4H3,(H,14,16)(H,15,17)/b12-8-,13-9-. The second-order valence-corrected chi connectivity index (χ2v) is 3.65. The third-order valence-electron chi connectivity index (χ3n) is 2.09. The van der Waals surface area contributed by atoms with Gasteiger partial charge in [-0.15, -0.1) is 0 Å². The van der Waals surface area contributed by atoms with Gasteiger partial charge in [-0.1, -0.05) is 13.8 Å². The van der Waals surface area contributed by atoms with E-state index >= 15 is 0 Å². The van der Waals surface area contributed by atoms with Crippen molar-refractivity contribution in [1.29, 1.82) is 0 Å². The topological polar surface area (TPSA) is 82.9 Å². The van der Waals surface area contributed by atoms with Crippen LogP contribution in [0.2, 0.25) is 0 Å². The van der Waals surface area contributed by atoms with E-state index in [1.165, 1.54) is 0 Å². The Labute approximate surface area is 102 Å². The van der Waals surface area contributed by atoms with E-state index in [4.69, 9.17) is 0 Å². The quantitative estimate of drug-likeness (QED) is 0.415. The summed E-state index contributed by atoms with van der Waals surface area (Å²) in [6.45, 7) is 7.46. The average molecular weight is 240 g/mol. The minimum Gasteiger partial charge on any atom is -0.273 e. The van der Waals surface area contributed by atoms with E-state index in [1.54, 1.807) is 13.8 Å². The second kappa shape index (κ2) is 8.43. The number of hydrogen-bond acceptors (Lipinski definition) is 4. The smallest absolute Gasteiger partial charge is 0.249 e. The number of amides is 2. The number of hydrogen-bond donors (Lipinski definition) is 2. The van der Waals surface area contributed by atoms with Gasteiger partial charge >= 0.3 is 0 Å². The molecule has 0 fully saturated rings. The molecule has 0 radical (unpaired) electrons. The number of rotatable bonds is 6. The van der Waals surface area contributed by atoms with Gasteiger partial charge in [-0.05, 0) is 26.7 Å². The molecular weight excluding hydrogens is 220 g/mol. The molecule has 0 aliphatic heterocycles. The van der Waals surface area contributed by atoms with Crippen LogP contribution in [0.1, 0.15) is 47.0 Å². The fraction of sp³-hybridized carbons (Fsp3) is 0.636. The number of nitrogens with zero attached hydrogens (tertiary/aromatic N) is 2. The molecule has 0 aromatic heterocycles. The van der Waals surface area contributed by atoms with Crippen molar-refractivity contribution >= 4 is 23.2 Å². The Balaban J connectivity index is 4.01. The van der Waals surface area contributed by atoms with Crippen LogP contribution in [0, 0.1) is 0 Å². The van der Waals surface area contributed by atoms with Crippen molar-refractivity contribution in [1.82, 2.24) is 10.9 Å². The highest BCUT2D eigenvalue weighted by Crippen LogP contribution is 1.86. The first-order valence-electron chi connectivity index (χ1n) is 5.63. The van der Waals surface area contributed by atoms with Gasteiger partial charge in [0.25, 0.3) is 0 Å². The summed E-state index contributed by atoms with van der Waals surface area (Å²) in [6.07, 6.45) is 1.24. The summed E-state index contributed by atoms with van der Waals surface area (Å²) in [4.78, 5) is 22.5. The first kappa shape index (κ1) is 15.3. The third kappa shape index (κ3) is 8.12. The van der Waals surface area contributed by atoms with E-state index in [0.717, 1.165) is 24.3 Å². The highest BCUT2D eigenvalue weighted by atomic mass is 16.2. The first-order chi connectivity index (χ1) is 7.99. The molecule has 0 aliphatic carbocycles. The second-order valence-electron chi connectivity index (χ2n) is 3.65. The summed E-state index contributed by atoms with van der Waals surface area (Å²) in [5.41, 5.74) is 6.22. The molecular formula is C11H20N4O2. The van der Waals surface area contributed by atoms with E-state index in [9.17, 15) is 9.59 Å². The lowest BCUT2D eigenvalue weighted by molar-refractivity contribution is -0.129. The molecule has 6 heteroatoms. The zero-order chi connectivity index (χ0) is 13.3. The zero-order valence-corrected chi connectivity index (χ0v) is 10.8. The molecule has 0 unspecified atom stereocenters. The summed E-state index contributed by atoms with van der Waals surface area (Å²) >= 11 is 0. The largest absolute Gasteiger partial charge is 0.273 e. The molecule has 96 valence electrons. The first-order valence-corrected chi connectivity index (χ1v) is 5.63. The van der Waals surface area contributed by atoms with Gasteiger partial charge in [-0.3, -0.25) is 9.59 Å². The Hall–Kier alpha value is -1.72. The lowest BCUT2D eigenvalue weighted by Crippen LogP contribution is -2.28. The lowest BCUT2D eigenvalue weighted by atomic mass is 10.3. The van der Waals surface area contributed by atoms with Crippen molar-refractivity contribution in [2.24, 2.45) is 10.2 Å². The summed E-state index contributed by atoms with van der Waals surface area (Å²) in [6, 6.07) is 0. The number of carbonyl (C=O) groups is 2. The minimum absolute atomic E-state index is 0.277. The number of carbonyl (C=O) groups excluding carboxylic acids is 2. The Morgan fingerprint density at radius 3 is 1.53 bits per heavy atom. The summed E-state index contributed by atoms with van der Waals surface area (Å²) in [5, 5.41) is 7.62. The van der Waals surface area contributed by atoms with Crippen LogP contribution in [0.3, 0.4) is 0 Å². The van der Waals surface area contributed by atoms with Crippen LogP contribution in [0.25, 0.3) is 0 Å². The molecule has 0 bridgehead atoms. The van der Waals surface area contributed by atoms with Gasteiger partial charge in [-0.25, -0.2) is 10.9 Å². The fourth-order valence-electron chi connectivity index (χ4n) is 0.699. The van der Waals surface area contributed by atoms with Crippen molar-refractivity contribution < 1.29 is 9.59 Å². The molecule has 0 aromatic carbocycles. The summed E-state index contributed by atoms with van der Waals surface area (Å²) in [5.74, 6) is -0.890. The summed E-state index contributed by atoms with van der Waals surface area (Å²) in [7, 11) is 0. The molecule has 0 rings (SSSR count). The molecule has 0 saturated carbocycles. The molecule has 2 N–H and O–H groups in total. The highest BCUT2D eigenvalue weighted by molar-refractivity contribution is 5.97. The minimum atomic E-state index is -0.445. The SMILES string of the molecule is CC/C(C)=N\NC(=O)CC(=O)N/N=C(/C)CC. The van der Waals surface area contributed by atoms with Crippen molar-refractivity contribution in [3.05, 3.63) is 0 Å². The molecule has 0 atom stereocenters. The van der Waals surface area contributed by atoms with Crippen LogP contribution in [0.15, 0.2) is 10.2 Å². The Kier molecular flexibility index (Phi) is 7.58. The van der Waals surface area contributed by atoms with Crippen LogP contribution in [0.4, 0.5) is 0 Å². The lowest BCUT2D eigenvalue weighted by Gasteiger charge is -2.01. The molecule has 0 saturated heterocycles. The van der Waals surface area contributed by atoms with Crippen LogP contribution in [0.5, 0.6) is 0 Å². The molecule has 0 spiro atoms. The van der Waals surface area contributed by atoms with E-state index in [2.05, 4.69) is 21.1 Å². The van der Waals surface area contributed by atoms with Crippen LogP contribution in [-0.2, 0) is 9.59 Å². The molecule has 6 nitrogen and oxygen atoms in total. The summed E-state index contributed by atoms with van der Waals surface area (Å²) < 4.78 is 0. The Bertz CT molecular complexity index is 302. The van der Waals surface area contributed by atoms with Gasteiger partial charge in [0.2, 0.25) is 11.8 Å². The molecule has 17 heavy (non-hydrogen) atoms. The molecule has 0 aromatic rings. The van der Waals surface area contributed by atoms with E-state index < -0.39 is 11.8 Å². The fourth-order valence-corrected chi connectivity index (χ4v) is 0.699. The van der Waals surface area contributed by atoms with Gasteiger partial charge in [0, 0.05) is 11.4 Å². The van der Waals surface area contributed by atoms with Crippen molar-refractivity contribution in [2.75, 3.05) is 0 Å². The molecule has 2 amide bonds. The van der Waals surface area contributed by atoms with Gasteiger partial charge in [0.05, 0.1) is 0 Å². The van der Waals surface area contributed by atoms with Crippen molar-refractivity contribution in [3.63, 3.8) is 0 Å². The predicted octanol–water partition coefficient (Wildman–Crippen LogP) is 1.18. The predicted molar refractivity (Wildman–Crippen MR) is 67.7 cm³/mol. The highest BCUT2D eigenvalue weighted by Gasteiger charge is 2.07. The van der Waals surface area contributed by atoms with Gasteiger partial charge in [-0.2, -0.15) is 10.2 Å². The van der Waals surface area contributed by atoms with Gasteiger partial charge in [0.15, 0.2) is 0 Å². The maximum absolute atomic E-state index is 11.3. The number of nitrogens with one attached hydrogen (secondary N) is 2. The van der Waals surface area contributed by atoms with Crippen LogP contribution in [-0.4, -0.2) is 23.2 Å². The maximum atomic E-state index is 11.3. The average Bonchev–Trinajstić information content (AvgIpc) is 2.32. The van der Waals surface area contributed by atoms with Crippen LogP contribution < -0.4 is 10.9 Å². The van der Waals surface area contributed by atoms with Crippen molar-refractivity contribution in [3.8, 4) is 0 Å². The third-order valence-corrected chi connectivity index (χ3v) is 2.09. The number of hydrazone groups is 2. The normalized spacial score (nSPS) is 12.2. The van der Waals surface area contributed by atoms with E-state index in [1.807, 2.05) is 13.8 Å². The van der Waals surface area contributed by atoms with Gasteiger partial charge < -0.3 is 0 Å². The molecule has 0 aliphatic rings.